The number of rotatable bonds is 5. The molecule has 1 aromatic heterocycles. The van der Waals surface area contributed by atoms with Gasteiger partial charge in [0.15, 0.2) is 0 Å². The van der Waals surface area contributed by atoms with Gasteiger partial charge in [0.2, 0.25) is 5.91 Å². The topological polar surface area (TPSA) is 42.0 Å². The summed E-state index contributed by atoms with van der Waals surface area (Å²) in [5.74, 6) is -0.0386. The van der Waals surface area contributed by atoms with Crippen LogP contribution < -0.4 is 5.32 Å². The Labute approximate surface area is 168 Å². The molecule has 0 saturated heterocycles. The van der Waals surface area contributed by atoms with Crippen molar-refractivity contribution in [2.24, 2.45) is 0 Å². The van der Waals surface area contributed by atoms with E-state index in [9.17, 15) is 4.79 Å². The Morgan fingerprint density at radius 3 is 2.43 bits per heavy atom. The van der Waals surface area contributed by atoms with E-state index in [1.165, 1.54) is 11.8 Å². The highest BCUT2D eigenvalue weighted by atomic mass is 32.2. The maximum atomic E-state index is 12.8. The number of pyridine rings is 1. The number of hydrogen-bond acceptors (Lipinski definition) is 3. The lowest BCUT2D eigenvalue weighted by Crippen LogP contribution is -2.22. The number of para-hydroxylation sites is 2. The Kier molecular flexibility index (Phi) is 5.40. The molecule has 4 rings (SSSR count). The number of nitrogens with zero attached hydrogens (tertiary/aromatic N) is 1. The molecular formula is C24H20N2OS. The fourth-order valence-corrected chi connectivity index (χ4v) is 3.87. The van der Waals surface area contributed by atoms with Crippen LogP contribution in [0, 0.1) is 0 Å². The fraction of sp³-hybridized carbons (Fsp3) is 0.0833. The normalized spacial score (nSPS) is 11.9. The Morgan fingerprint density at radius 1 is 0.857 bits per heavy atom. The van der Waals surface area contributed by atoms with Crippen LogP contribution in [-0.2, 0) is 4.79 Å². The minimum Gasteiger partial charge on any atom is -0.325 e. The number of hydrogen-bond donors (Lipinski definition) is 1. The maximum Gasteiger partial charge on any atom is 0.237 e. The van der Waals surface area contributed by atoms with Gasteiger partial charge in [-0.1, -0.05) is 84.6 Å². The molecule has 0 unspecified atom stereocenters. The first-order valence-corrected chi connectivity index (χ1v) is 10.1. The maximum absolute atomic E-state index is 12.8. The largest absolute Gasteiger partial charge is 0.325 e. The van der Waals surface area contributed by atoms with Gasteiger partial charge in [-0.3, -0.25) is 4.79 Å². The Hall–Kier alpha value is -3.11. The number of carbonyl (C=O) groups is 1. The van der Waals surface area contributed by atoms with E-state index in [2.05, 4.69) is 10.3 Å². The monoisotopic (exact) mass is 384 g/mol. The molecule has 0 aliphatic heterocycles. The number of benzene rings is 3. The van der Waals surface area contributed by atoms with Gasteiger partial charge in [0.25, 0.3) is 0 Å². The Bertz CT molecular complexity index is 1110. The first-order chi connectivity index (χ1) is 13.7. The second-order valence-electron chi connectivity index (χ2n) is 6.50. The van der Waals surface area contributed by atoms with Gasteiger partial charge in [-0.15, -0.1) is 0 Å². The van der Waals surface area contributed by atoms with Crippen molar-refractivity contribution >= 4 is 34.3 Å². The zero-order valence-corrected chi connectivity index (χ0v) is 16.3. The molecule has 4 heteroatoms. The summed E-state index contributed by atoms with van der Waals surface area (Å²) in [6.45, 7) is 1.90. The third kappa shape index (κ3) is 4.07. The lowest BCUT2D eigenvalue weighted by Gasteiger charge is -2.15. The Morgan fingerprint density at radius 2 is 1.57 bits per heavy atom. The van der Waals surface area contributed by atoms with Crippen molar-refractivity contribution in [3.63, 3.8) is 0 Å². The van der Waals surface area contributed by atoms with Gasteiger partial charge in [0, 0.05) is 16.6 Å². The average molecular weight is 385 g/mol. The molecule has 1 heterocycles. The molecule has 4 aromatic rings. The third-order valence-electron chi connectivity index (χ3n) is 4.51. The standard InChI is InChI=1S/C24H20N2OS/c1-17(28-23-16-15-19-11-5-7-13-21(19)25-23)24(27)26-22-14-8-6-12-20(22)18-9-3-2-4-10-18/h2-17H,1H3,(H,26,27)/t17-/m1/s1. The van der Waals surface area contributed by atoms with Crippen LogP contribution in [0.1, 0.15) is 6.92 Å². The zero-order valence-electron chi connectivity index (χ0n) is 15.5. The van der Waals surface area contributed by atoms with Gasteiger partial charge >= 0.3 is 0 Å². The molecule has 28 heavy (non-hydrogen) atoms. The van der Waals surface area contributed by atoms with Gasteiger partial charge in [0.1, 0.15) is 0 Å². The number of thioether (sulfide) groups is 1. The van der Waals surface area contributed by atoms with Gasteiger partial charge in [-0.25, -0.2) is 4.98 Å². The molecule has 1 N–H and O–H groups in total. The molecule has 0 aliphatic carbocycles. The quantitative estimate of drug-likeness (QED) is 0.428. The van der Waals surface area contributed by atoms with E-state index in [1.807, 2.05) is 97.9 Å². The molecule has 3 nitrogen and oxygen atoms in total. The average Bonchev–Trinajstić information content (AvgIpc) is 2.74. The smallest absolute Gasteiger partial charge is 0.237 e. The van der Waals surface area contributed by atoms with E-state index in [0.29, 0.717) is 0 Å². The number of amides is 1. The second-order valence-corrected chi connectivity index (χ2v) is 7.86. The van der Waals surface area contributed by atoms with Crippen molar-refractivity contribution in [3.05, 3.63) is 91.0 Å². The van der Waals surface area contributed by atoms with Crippen LogP contribution >= 0.6 is 11.8 Å². The lowest BCUT2D eigenvalue weighted by molar-refractivity contribution is -0.115. The lowest BCUT2D eigenvalue weighted by atomic mass is 10.0. The third-order valence-corrected chi connectivity index (χ3v) is 5.55. The van der Waals surface area contributed by atoms with Crippen LogP contribution in [-0.4, -0.2) is 16.1 Å². The van der Waals surface area contributed by atoms with Crippen LogP contribution in [0.25, 0.3) is 22.0 Å². The number of anilines is 1. The predicted octanol–water partition coefficient (Wildman–Crippen LogP) is 6.02. The van der Waals surface area contributed by atoms with E-state index in [0.717, 1.165) is 32.7 Å². The number of carbonyl (C=O) groups excluding carboxylic acids is 1. The van der Waals surface area contributed by atoms with E-state index in [-0.39, 0.29) is 11.2 Å². The summed E-state index contributed by atoms with van der Waals surface area (Å²) in [5, 5.41) is 4.76. The predicted molar refractivity (Wildman–Crippen MR) is 118 cm³/mol. The highest BCUT2D eigenvalue weighted by Gasteiger charge is 2.17. The van der Waals surface area contributed by atoms with Gasteiger partial charge in [-0.2, -0.15) is 0 Å². The highest BCUT2D eigenvalue weighted by Crippen LogP contribution is 2.29. The first kappa shape index (κ1) is 18.3. The summed E-state index contributed by atoms with van der Waals surface area (Å²) in [4.78, 5) is 17.5. The van der Waals surface area contributed by atoms with Crippen LogP contribution in [0.4, 0.5) is 5.69 Å². The minimum absolute atomic E-state index is 0.0386. The van der Waals surface area contributed by atoms with Crippen LogP contribution in [0.2, 0.25) is 0 Å². The summed E-state index contributed by atoms with van der Waals surface area (Å²) in [6.07, 6.45) is 0. The van der Waals surface area contributed by atoms with E-state index in [1.54, 1.807) is 0 Å². The molecule has 1 atom stereocenters. The number of nitrogens with one attached hydrogen (secondary N) is 1. The fourth-order valence-electron chi connectivity index (χ4n) is 3.04. The van der Waals surface area contributed by atoms with E-state index >= 15 is 0 Å². The molecule has 138 valence electrons. The summed E-state index contributed by atoms with van der Waals surface area (Å²) in [6, 6.07) is 29.9. The van der Waals surface area contributed by atoms with Gasteiger partial charge in [-0.05, 0) is 30.7 Å². The molecule has 1 amide bonds. The minimum atomic E-state index is -0.266. The van der Waals surface area contributed by atoms with Crippen molar-refractivity contribution in [1.29, 1.82) is 0 Å². The molecule has 0 radical (unpaired) electrons. The number of aromatic nitrogens is 1. The summed E-state index contributed by atoms with van der Waals surface area (Å²) >= 11 is 1.46. The summed E-state index contributed by atoms with van der Waals surface area (Å²) < 4.78 is 0. The highest BCUT2D eigenvalue weighted by molar-refractivity contribution is 8.00. The molecule has 0 aliphatic rings. The Balaban J connectivity index is 1.50. The SMILES string of the molecule is C[C@@H](Sc1ccc2ccccc2n1)C(=O)Nc1ccccc1-c1ccccc1. The molecule has 0 saturated carbocycles. The van der Waals surface area contributed by atoms with Crippen molar-refractivity contribution in [1.82, 2.24) is 4.98 Å². The summed E-state index contributed by atoms with van der Waals surface area (Å²) in [5.41, 5.74) is 3.85. The second kappa shape index (κ2) is 8.28. The van der Waals surface area contributed by atoms with Crippen LogP contribution in [0.3, 0.4) is 0 Å². The van der Waals surface area contributed by atoms with Crippen molar-refractivity contribution < 1.29 is 4.79 Å². The first-order valence-electron chi connectivity index (χ1n) is 9.18. The van der Waals surface area contributed by atoms with Crippen molar-refractivity contribution in [2.75, 3.05) is 5.32 Å². The molecule has 0 spiro atoms. The molecule has 0 fully saturated rings. The number of fused-ring (bicyclic) bond motifs is 1. The van der Waals surface area contributed by atoms with Gasteiger partial charge < -0.3 is 5.32 Å². The van der Waals surface area contributed by atoms with E-state index in [4.69, 9.17) is 0 Å². The van der Waals surface area contributed by atoms with Gasteiger partial charge in [0.05, 0.1) is 15.8 Å². The molecule has 3 aromatic carbocycles. The zero-order chi connectivity index (χ0) is 19.3. The molecule has 0 bridgehead atoms. The molecular weight excluding hydrogens is 364 g/mol. The van der Waals surface area contributed by atoms with Crippen LogP contribution in [0.15, 0.2) is 96.0 Å². The van der Waals surface area contributed by atoms with Crippen molar-refractivity contribution in [2.45, 2.75) is 17.2 Å². The van der Waals surface area contributed by atoms with Crippen LogP contribution in [0.5, 0.6) is 0 Å². The summed E-state index contributed by atoms with van der Waals surface area (Å²) in [7, 11) is 0. The van der Waals surface area contributed by atoms with E-state index < -0.39 is 0 Å². The van der Waals surface area contributed by atoms with Crippen molar-refractivity contribution in [3.8, 4) is 11.1 Å².